The highest BCUT2D eigenvalue weighted by atomic mass is 16.4. The zero-order valence-corrected chi connectivity index (χ0v) is 10.2. The molecule has 0 bridgehead atoms. The number of aromatic carboxylic acids is 1. The fourth-order valence-electron chi connectivity index (χ4n) is 2.16. The lowest BCUT2D eigenvalue weighted by atomic mass is 10.1. The lowest BCUT2D eigenvalue weighted by Gasteiger charge is -2.15. The van der Waals surface area contributed by atoms with Gasteiger partial charge in [-0.15, -0.1) is 0 Å². The van der Waals surface area contributed by atoms with Crippen LogP contribution in [0.3, 0.4) is 0 Å². The van der Waals surface area contributed by atoms with Gasteiger partial charge in [-0.1, -0.05) is 12.8 Å². The third-order valence-electron chi connectivity index (χ3n) is 3.13. The average Bonchev–Trinajstić information content (AvgIpc) is 2.81. The highest BCUT2D eigenvalue weighted by Gasteiger charge is 2.22. The molecular weight excluding hydrogens is 218 g/mol. The summed E-state index contributed by atoms with van der Waals surface area (Å²) < 4.78 is 0. The van der Waals surface area contributed by atoms with Gasteiger partial charge in [-0.3, -0.25) is 0 Å². The van der Waals surface area contributed by atoms with Gasteiger partial charge in [0, 0.05) is 26.1 Å². The predicted octanol–water partition coefficient (Wildman–Crippen LogP) is 1.90. The van der Waals surface area contributed by atoms with E-state index in [1.54, 1.807) is 0 Å². The predicted molar refractivity (Wildman–Crippen MR) is 64.5 cm³/mol. The molecule has 0 atom stereocenters. The quantitative estimate of drug-likeness (QED) is 0.866. The van der Waals surface area contributed by atoms with E-state index in [9.17, 15) is 4.79 Å². The Morgan fingerprint density at radius 2 is 2.00 bits per heavy atom. The van der Waals surface area contributed by atoms with Gasteiger partial charge in [0.05, 0.1) is 0 Å². The zero-order valence-electron chi connectivity index (χ0n) is 10.2. The summed E-state index contributed by atoms with van der Waals surface area (Å²) in [5.41, 5.74) is 0.0885. The molecule has 1 aliphatic rings. The van der Waals surface area contributed by atoms with Crippen LogP contribution in [-0.2, 0) is 0 Å². The second kappa shape index (κ2) is 4.69. The number of carboxylic acid groups (broad SMARTS) is 1. The van der Waals surface area contributed by atoms with Crippen LogP contribution >= 0.6 is 0 Å². The fourth-order valence-corrected chi connectivity index (χ4v) is 2.16. The van der Waals surface area contributed by atoms with Gasteiger partial charge in [0.1, 0.15) is 11.6 Å². The first-order valence-electron chi connectivity index (χ1n) is 5.87. The molecule has 1 aromatic rings. The molecule has 1 aromatic heterocycles. The summed E-state index contributed by atoms with van der Waals surface area (Å²) in [7, 11) is 3.71. The van der Waals surface area contributed by atoms with Crippen molar-refractivity contribution >= 4 is 11.8 Å². The SMILES string of the molecule is CN(C)c1cc(C(=O)O)nc(C2CCCC2)n1. The fraction of sp³-hybridized carbons (Fsp3) is 0.583. The number of nitrogens with zero attached hydrogens (tertiary/aromatic N) is 3. The van der Waals surface area contributed by atoms with Gasteiger partial charge in [0.25, 0.3) is 0 Å². The highest BCUT2D eigenvalue weighted by molar-refractivity contribution is 5.86. The Kier molecular flexibility index (Phi) is 3.26. The number of hydrogen-bond donors (Lipinski definition) is 1. The molecule has 0 radical (unpaired) electrons. The maximum atomic E-state index is 11.0. The van der Waals surface area contributed by atoms with E-state index in [0.717, 1.165) is 12.8 Å². The van der Waals surface area contributed by atoms with Crippen LogP contribution in [0.4, 0.5) is 5.82 Å². The van der Waals surface area contributed by atoms with Crippen molar-refractivity contribution in [3.05, 3.63) is 17.6 Å². The summed E-state index contributed by atoms with van der Waals surface area (Å²) >= 11 is 0. The van der Waals surface area contributed by atoms with Crippen molar-refractivity contribution in [2.75, 3.05) is 19.0 Å². The molecule has 1 aliphatic carbocycles. The Morgan fingerprint density at radius 1 is 1.35 bits per heavy atom. The maximum absolute atomic E-state index is 11.0. The Morgan fingerprint density at radius 3 is 2.53 bits per heavy atom. The summed E-state index contributed by atoms with van der Waals surface area (Å²) in [6.07, 6.45) is 4.50. The van der Waals surface area contributed by atoms with Gasteiger partial charge in [-0.25, -0.2) is 14.8 Å². The van der Waals surface area contributed by atoms with Crippen LogP contribution < -0.4 is 4.90 Å². The molecular formula is C12H17N3O2. The smallest absolute Gasteiger partial charge is 0.354 e. The molecule has 0 amide bonds. The molecule has 0 unspecified atom stereocenters. The van der Waals surface area contributed by atoms with Gasteiger partial charge >= 0.3 is 5.97 Å². The van der Waals surface area contributed by atoms with E-state index in [-0.39, 0.29) is 5.69 Å². The van der Waals surface area contributed by atoms with Gasteiger partial charge < -0.3 is 10.0 Å². The average molecular weight is 235 g/mol. The second-order valence-electron chi connectivity index (χ2n) is 4.65. The number of aromatic nitrogens is 2. The molecule has 1 saturated carbocycles. The summed E-state index contributed by atoms with van der Waals surface area (Å²) in [6.45, 7) is 0. The first-order valence-corrected chi connectivity index (χ1v) is 5.87. The Bertz CT molecular complexity index is 426. The van der Waals surface area contributed by atoms with Crippen LogP contribution in [0.25, 0.3) is 0 Å². The minimum Gasteiger partial charge on any atom is -0.477 e. The van der Waals surface area contributed by atoms with Crippen LogP contribution in [-0.4, -0.2) is 35.1 Å². The monoisotopic (exact) mass is 235 g/mol. The highest BCUT2D eigenvalue weighted by Crippen LogP contribution is 2.32. The van der Waals surface area contributed by atoms with E-state index in [0.29, 0.717) is 17.6 Å². The van der Waals surface area contributed by atoms with Crippen molar-refractivity contribution in [1.29, 1.82) is 0 Å². The number of rotatable bonds is 3. The molecule has 1 N–H and O–H groups in total. The van der Waals surface area contributed by atoms with Crippen molar-refractivity contribution < 1.29 is 9.90 Å². The summed E-state index contributed by atoms with van der Waals surface area (Å²) in [5, 5.41) is 9.05. The number of carbonyl (C=O) groups is 1. The van der Waals surface area contributed by atoms with Crippen LogP contribution in [0.15, 0.2) is 6.07 Å². The van der Waals surface area contributed by atoms with Crippen LogP contribution in [0.1, 0.15) is 47.9 Å². The van der Waals surface area contributed by atoms with E-state index >= 15 is 0 Å². The summed E-state index contributed by atoms with van der Waals surface area (Å²) in [4.78, 5) is 21.5. The Balaban J connectivity index is 2.39. The van der Waals surface area contributed by atoms with E-state index in [4.69, 9.17) is 5.11 Å². The topological polar surface area (TPSA) is 66.3 Å². The number of hydrogen-bond acceptors (Lipinski definition) is 4. The van der Waals surface area contributed by atoms with Crippen molar-refractivity contribution in [3.63, 3.8) is 0 Å². The summed E-state index contributed by atoms with van der Waals surface area (Å²) in [6, 6.07) is 1.51. The Labute approximate surface area is 100 Å². The normalized spacial score (nSPS) is 16.1. The first kappa shape index (κ1) is 11.8. The zero-order chi connectivity index (χ0) is 12.4. The van der Waals surface area contributed by atoms with Crippen LogP contribution in [0, 0.1) is 0 Å². The van der Waals surface area contributed by atoms with E-state index in [1.165, 1.54) is 18.9 Å². The minimum absolute atomic E-state index is 0.0885. The first-order chi connectivity index (χ1) is 8.08. The van der Waals surface area contributed by atoms with Crippen LogP contribution in [0.5, 0.6) is 0 Å². The molecule has 1 fully saturated rings. The number of anilines is 1. The molecule has 2 rings (SSSR count). The second-order valence-corrected chi connectivity index (χ2v) is 4.65. The Hall–Kier alpha value is -1.65. The van der Waals surface area contributed by atoms with Crippen molar-refractivity contribution in [1.82, 2.24) is 9.97 Å². The van der Waals surface area contributed by atoms with Gasteiger partial charge in [-0.05, 0) is 12.8 Å². The largest absolute Gasteiger partial charge is 0.477 e. The summed E-state index contributed by atoms with van der Waals surface area (Å²) in [5.74, 6) is 0.688. The molecule has 92 valence electrons. The molecule has 5 heteroatoms. The molecule has 17 heavy (non-hydrogen) atoms. The van der Waals surface area contributed by atoms with Crippen molar-refractivity contribution in [2.45, 2.75) is 31.6 Å². The van der Waals surface area contributed by atoms with Gasteiger partial charge in [0.15, 0.2) is 5.69 Å². The minimum atomic E-state index is -0.991. The number of carboxylic acids is 1. The molecule has 0 aromatic carbocycles. The molecule has 0 spiro atoms. The van der Waals surface area contributed by atoms with E-state index in [1.807, 2.05) is 19.0 Å². The van der Waals surface area contributed by atoms with Crippen molar-refractivity contribution in [2.24, 2.45) is 0 Å². The third-order valence-corrected chi connectivity index (χ3v) is 3.13. The molecule has 0 saturated heterocycles. The maximum Gasteiger partial charge on any atom is 0.354 e. The van der Waals surface area contributed by atoms with Crippen molar-refractivity contribution in [3.8, 4) is 0 Å². The van der Waals surface area contributed by atoms with E-state index < -0.39 is 5.97 Å². The van der Waals surface area contributed by atoms with E-state index in [2.05, 4.69) is 9.97 Å². The van der Waals surface area contributed by atoms with Gasteiger partial charge in [-0.2, -0.15) is 0 Å². The standard InChI is InChI=1S/C12H17N3O2/c1-15(2)10-7-9(12(16)17)13-11(14-10)8-5-3-4-6-8/h7-8H,3-6H2,1-2H3,(H,16,17). The van der Waals surface area contributed by atoms with Gasteiger partial charge in [0.2, 0.25) is 0 Å². The lowest BCUT2D eigenvalue weighted by molar-refractivity contribution is 0.0690. The molecule has 1 heterocycles. The third kappa shape index (κ3) is 2.54. The molecule has 5 nitrogen and oxygen atoms in total. The van der Waals surface area contributed by atoms with Crippen LogP contribution in [0.2, 0.25) is 0 Å². The lowest BCUT2D eigenvalue weighted by Crippen LogP contribution is -2.16. The molecule has 0 aliphatic heterocycles.